The molecule has 0 spiro atoms. The van der Waals surface area contributed by atoms with Gasteiger partial charge in [0.15, 0.2) is 11.5 Å². The maximum atomic E-state index is 13.1. The number of hydrogen-bond donors (Lipinski definition) is 1. The molecular formula is C25H30N2O4. The molecule has 1 atom stereocenters. The standard InChI is InChI=1S/C25H30N2O4/c1-6-31-20-13-11-19(12-14-20)27-23(17-7-9-18(10-8-17)26(4)5)22(24(29)25(27)30)21(28)15-16(2)3/h7-14,16,23,29H,6,15H2,1-5H3. The highest BCUT2D eigenvalue weighted by Crippen LogP contribution is 2.42. The van der Waals surface area contributed by atoms with E-state index in [1.807, 2.05) is 64.0 Å². The van der Waals surface area contributed by atoms with Crippen molar-refractivity contribution in [3.63, 3.8) is 0 Å². The molecule has 3 rings (SSSR count). The van der Waals surface area contributed by atoms with E-state index in [0.29, 0.717) is 18.0 Å². The second-order valence-electron chi connectivity index (χ2n) is 8.27. The number of aliphatic hydroxyl groups excluding tert-OH is 1. The molecule has 31 heavy (non-hydrogen) atoms. The van der Waals surface area contributed by atoms with Crippen LogP contribution in [-0.2, 0) is 9.59 Å². The maximum absolute atomic E-state index is 13.1. The van der Waals surface area contributed by atoms with Crippen molar-refractivity contribution in [1.82, 2.24) is 0 Å². The van der Waals surface area contributed by atoms with Crippen LogP contribution < -0.4 is 14.5 Å². The summed E-state index contributed by atoms with van der Waals surface area (Å²) in [6.45, 7) is 6.33. The van der Waals surface area contributed by atoms with Gasteiger partial charge in [0.05, 0.1) is 18.2 Å². The summed E-state index contributed by atoms with van der Waals surface area (Å²) < 4.78 is 5.50. The van der Waals surface area contributed by atoms with Crippen LogP contribution in [0.4, 0.5) is 11.4 Å². The van der Waals surface area contributed by atoms with Crippen LogP contribution in [0.25, 0.3) is 0 Å². The molecule has 2 aromatic carbocycles. The van der Waals surface area contributed by atoms with E-state index in [2.05, 4.69) is 0 Å². The number of carbonyl (C=O) groups is 2. The Kier molecular flexibility index (Phi) is 6.68. The molecule has 0 radical (unpaired) electrons. The number of ketones is 1. The van der Waals surface area contributed by atoms with E-state index < -0.39 is 17.7 Å². The predicted octanol–water partition coefficient (Wildman–Crippen LogP) is 4.67. The molecule has 0 saturated heterocycles. The second-order valence-corrected chi connectivity index (χ2v) is 8.27. The lowest BCUT2D eigenvalue weighted by molar-refractivity contribution is -0.118. The van der Waals surface area contributed by atoms with Crippen LogP contribution in [0.15, 0.2) is 59.9 Å². The average Bonchev–Trinajstić information content (AvgIpc) is 2.99. The highest BCUT2D eigenvalue weighted by molar-refractivity contribution is 6.16. The number of nitrogens with zero attached hydrogens (tertiary/aromatic N) is 2. The molecule has 0 aliphatic carbocycles. The zero-order valence-electron chi connectivity index (χ0n) is 18.8. The van der Waals surface area contributed by atoms with Gasteiger partial charge in [0, 0.05) is 31.9 Å². The summed E-state index contributed by atoms with van der Waals surface area (Å²) in [6.07, 6.45) is 0.260. The van der Waals surface area contributed by atoms with Crippen molar-refractivity contribution in [3.05, 3.63) is 65.4 Å². The first-order chi connectivity index (χ1) is 14.7. The lowest BCUT2D eigenvalue weighted by atomic mass is 9.92. The van der Waals surface area contributed by atoms with Gasteiger partial charge >= 0.3 is 0 Å². The predicted molar refractivity (Wildman–Crippen MR) is 123 cm³/mol. The van der Waals surface area contributed by atoms with E-state index in [1.165, 1.54) is 4.90 Å². The number of aliphatic hydroxyl groups is 1. The van der Waals surface area contributed by atoms with Crippen molar-refractivity contribution in [2.24, 2.45) is 5.92 Å². The van der Waals surface area contributed by atoms with Gasteiger partial charge in [-0.05, 0) is 54.8 Å². The van der Waals surface area contributed by atoms with Crippen molar-refractivity contribution in [2.45, 2.75) is 33.2 Å². The van der Waals surface area contributed by atoms with Gasteiger partial charge in [0.2, 0.25) is 0 Å². The van der Waals surface area contributed by atoms with Crippen LogP contribution >= 0.6 is 0 Å². The molecule has 0 aromatic heterocycles. The molecule has 1 heterocycles. The Bertz CT molecular complexity index is 976. The Hall–Kier alpha value is -3.28. The van der Waals surface area contributed by atoms with Gasteiger partial charge in [-0.15, -0.1) is 0 Å². The molecule has 164 valence electrons. The normalized spacial score (nSPS) is 16.3. The average molecular weight is 423 g/mol. The molecule has 1 aliphatic heterocycles. The smallest absolute Gasteiger partial charge is 0.294 e. The summed E-state index contributed by atoms with van der Waals surface area (Å²) in [4.78, 5) is 29.6. The summed E-state index contributed by atoms with van der Waals surface area (Å²) in [6, 6.07) is 14.1. The number of Topliss-reactive ketones (excluding diaryl/α,β-unsaturated/α-hetero) is 1. The van der Waals surface area contributed by atoms with Crippen molar-refractivity contribution in [1.29, 1.82) is 0 Å². The summed E-state index contributed by atoms with van der Waals surface area (Å²) in [7, 11) is 3.90. The molecule has 6 nitrogen and oxygen atoms in total. The fourth-order valence-corrected chi connectivity index (χ4v) is 3.78. The minimum absolute atomic E-state index is 0.110. The van der Waals surface area contributed by atoms with E-state index in [0.717, 1.165) is 11.3 Å². The third-order valence-corrected chi connectivity index (χ3v) is 5.25. The lowest BCUT2D eigenvalue weighted by Gasteiger charge is -2.27. The Labute approximate surface area is 183 Å². The number of amides is 1. The topological polar surface area (TPSA) is 70.1 Å². The maximum Gasteiger partial charge on any atom is 0.294 e. The first-order valence-electron chi connectivity index (χ1n) is 10.5. The van der Waals surface area contributed by atoms with E-state index >= 15 is 0 Å². The number of ether oxygens (including phenoxy) is 1. The third kappa shape index (κ3) is 4.58. The Balaban J connectivity index is 2.08. The summed E-state index contributed by atoms with van der Waals surface area (Å²) in [5.74, 6) is -0.451. The van der Waals surface area contributed by atoms with Gasteiger partial charge in [-0.25, -0.2) is 0 Å². The van der Waals surface area contributed by atoms with Crippen LogP contribution in [0.3, 0.4) is 0 Å². The first-order valence-corrected chi connectivity index (χ1v) is 10.5. The zero-order chi connectivity index (χ0) is 22.7. The number of benzene rings is 2. The van der Waals surface area contributed by atoms with E-state index in [1.54, 1.807) is 24.3 Å². The fourth-order valence-electron chi connectivity index (χ4n) is 3.78. The SMILES string of the molecule is CCOc1ccc(N2C(=O)C(O)=C(C(=O)CC(C)C)C2c2ccc(N(C)C)cc2)cc1. The molecular weight excluding hydrogens is 392 g/mol. The molecule has 1 unspecified atom stereocenters. The van der Waals surface area contributed by atoms with Crippen LogP contribution in [0.2, 0.25) is 0 Å². The van der Waals surface area contributed by atoms with Gasteiger partial charge in [0.1, 0.15) is 5.75 Å². The van der Waals surface area contributed by atoms with Crippen molar-refractivity contribution in [3.8, 4) is 5.75 Å². The summed E-state index contributed by atoms with van der Waals surface area (Å²) in [5, 5.41) is 10.7. The molecule has 1 aliphatic rings. The number of hydrogen-bond acceptors (Lipinski definition) is 5. The van der Waals surface area contributed by atoms with Crippen LogP contribution in [0.1, 0.15) is 38.8 Å². The summed E-state index contributed by atoms with van der Waals surface area (Å²) in [5.41, 5.74) is 2.52. The quantitative estimate of drug-likeness (QED) is 0.670. The van der Waals surface area contributed by atoms with Gasteiger partial charge in [0.25, 0.3) is 5.91 Å². The van der Waals surface area contributed by atoms with Crippen molar-refractivity contribution >= 4 is 23.1 Å². The molecule has 6 heteroatoms. The molecule has 1 N–H and O–H groups in total. The summed E-state index contributed by atoms with van der Waals surface area (Å²) >= 11 is 0. The minimum atomic E-state index is -0.687. The van der Waals surface area contributed by atoms with Crippen LogP contribution in [0.5, 0.6) is 5.75 Å². The van der Waals surface area contributed by atoms with Crippen LogP contribution in [-0.4, -0.2) is 37.5 Å². The Morgan fingerprint density at radius 3 is 2.23 bits per heavy atom. The third-order valence-electron chi connectivity index (χ3n) is 5.25. The van der Waals surface area contributed by atoms with Gasteiger partial charge in [-0.1, -0.05) is 26.0 Å². The van der Waals surface area contributed by atoms with Crippen LogP contribution in [0, 0.1) is 5.92 Å². The highest BCUT2D eigenvalue weighted by atomic mass is 16.5. The minimum Gasteiger partial charge on any atom is -0.503 e. The lowest BCUT2D eigenvalue weighted by Crippen LogP contribution is -2.31. The Morgan fingerprint density at radius 2 is 1.71 bits per heavy atom. The van der Waals surface area contributed by atoms with Gasteiger partial charge in [-0.3, -0.25) is 14.5 Å². The number of anilines is 2. The van der Waals surface area contributed by atoms with Gasteiger partial charge < -0.3 is 14.7 Å². The largest absolute Gasteiger partial charge is 0.503 e. The molecule has 1 amide bonds. The van der Waals surface area contributed by atoms with Crippen molar-refractivity contribution in [2.75, 3.05) is 30.5 Å². The van der Waals surface area contributed by atoms with E-state index in [9.17, 15) is 14.7 Å². The fraction of sp³-hybridized carbons (Fsp3) is 0.360. The molecule has 0 fully saturated rings. The van der Waals surface area contributed by atoms with Crippen molar-refractivity contribution < 1.29 is 19.4 Å². The second kappa shape index (κ2) is 9.25. The number of carbonyl (C=O) groups excluding carboxylic acids is 2. The zero-order valence-corrected chi connectivity index (χ0v) is 18.8. The monoisotopic (exact) mass is 422 g/mol. The first kappa shape index (κ1) is 22.4. The molecule has 2 aromatic rings. The van der Waals surface area contributed by atoms with E-state index in [4.69, 9.17) is 4.74 Å². The number of rotatable bonds is 8. The van der Waals surface area contributed by atoms with Gasteiger partial charge in [-0.2, -0.15) is 0 Å². The molecule has 0 bridgehead atoms. The van der Waals surface area contributed by atoms with E-state index in [-0.39, 0.29) is 23.7 Å². The molecule has 0 saturated carbocycles. The highest BCUT2D eigenvalue weighted by Gasteiger charge is 2.44. The Morgan fingerprint density at radius 1 is 1.10 bits per heavy atom.